The Morgan fingerprint density at radius 2 is 0.603 bits per heavy atom. The van der Waals surface area contributed by atoms with Gasteiger partial charge in [-0.25, -0.2) is 19.9 Å². The molecule has 0 atom stereocenters. The summed E-state index contributed by atoms with van der Waals surface area (Å²) in [5.41, 5.74) is 11.5. The minimum Gasteiger partial charge on any atom is -0.306 e. The molecule has 0 spiro atoms. The van der Waals surface area contributed by atoms with Crippen molar-refractivity contribution in [1.82, 2.24) is 39.0 Å². The van der Waals surface area contributed by atoms with Crippen LogP contribution in [0.1, 0.15) is 0 Å². The van der Waals surface area contributed by atoms with Gasteiger partial charge in [0.05, 0.1) is 27.8 Å². The van der Waals surface area contributed by atoms with Crippen LogP contribution in [-0.4, -0.2) is 39.0 Å². The summed E-state index contributed by atoms with van der Waals surface area (Å²) >= 11 is 0. The number of nitrogens with zero attached hydrogens (tertiary/aromatic N) is 8. The fraction of sp³-hybridized carbons (Fsp3) is 0. The molecular weight excluding hydrogens is 833 g/mol. The quantitative estimate of drug-likeness (QED) is 0.151. The minimum absolute atomic E-state index is 0.521. The Balaban J connectivity index is 1.12. The second-order valence-corrected chi connectivity index (χ2v) is 16.7. The van der Waals surface area contributed by atoms with E-state index >= 15 is 0 Å². The van der Waals surface area contributed by atoms with E-state index in [1.165, 1.54) is 0 Å². The lowest BCUT2D eigenvalue weighted by molar-refractivity contribution is 0.953. The molecule has 4 heterocycles. The molecule has 4 aromatic heterocycles. The molecule has 0 aliphatic carbocycles. The van der Waals surface area contributed by atoms with Gasteiger partial charge >= 0.3 is 0 Å². The average molecular weight is 871 g/mol. The van der Waals surface area contributed by atoms with Crippen LogP contribution in [0.2, 0.25) is 0 Å². The maximum Gasteiger partial charge on any atom is 0.238 e. The van der Waals surface area contributed by atoms with Gasteiger partial charge in [0.2, 0.25) is 5.95 Å². The molecule has 0 aliphatic heterocycles. The molecule has 8 nitrogen and oxygen atoms in total. The lowest BCUT2D eigenvalue weighted by Gasteiger charge is -2.16. The van der Waals surface area contributed by atoms with E-state index in [1.807, 2.05) is 103 Å². The summed E-state index contributed by atoms with van der Waals surface area (Å²) in [6, 6.07) is 79.2. The van der Waals surface area contributed by atoms with E-state index in [2.05, 4.69) is 137 Å². The molecule has 0 fully saturated rings. The highest BCUT2D eigenvalue weighted by Crippen LogP contribution is 2.43. The van der Waals surface area contributed by atoms with Crippen LogP contribution >= 0.6 is 0 Å². The topological polar surface area (TPSA) is 87.2 Å². The Bertz CT molecular complexity index is 3960. The first-order chi connectivity index (χ1) is 33.7. The molecule has 0 aliphatic rings. The van der Waals surface area contributed by atoms with Crippen LogP contribution in [-0.2, 0) is 0 Å². The Morgan fingerprint density at radius 3 is 1.16 bits per heavy atom. The van der Waals surface area contributed by atoms with Crippen LogP contribution < -0.4 is 0 Å². The molecule has 13 rings (SSSR count). The van der Waals surface area contributed by atoms with Crippen LogP contribution in [0.4, 0.5) is 0 Å². The van der Waals surface area contributed by atoms with Gasteiger partial charge in [0, 0.05) is 49.4 Å². The Hall–Kier alpha value is -9.40. The third kappa shape index (κ3) is 6.54. The first-order valence-corrected chi connectivity index (χ1v) is 22.6. The highest BCUT2D eigenvalue weighted by Gasteiger charge is 2.25. The maximum absolute atomic E-state index is 5.39. The van der Waals surface area contributed by atoms with Crippen molar-refractivity contribution in [3.8, 4) is 79.7 Å². The lowest BCUT2D eigenvalue weighted by atomic mass is 9.99. The van der Waals surface area contributed by atoms with Crippen molar-refractivity contribution in [1.29, 1.82) is 0 Å². The van der Waals surface area contributed by atoms with E-state index in [0.29, 0.717) is 35.1 Å². The number of hydrogen-bond donors (Lipinski definition) is 0. The predicted molar refractivity (Wildman–Crippen MR) is 275 cm³/mol. The van der Waals surface area contributed by atoms with Gasteiger partial charge in [-0.3, -0.25) is 4.57 Å². The molecule has 13 aromatic rings. The van der Waals surface area contributed by atoms with Gasteiger partial charge in [0.1, 0.15) is 0 Å². The van der Waals surface area contributed by atoms with Gasteiger partial charge in [-0.05, 0) is 35.4 Å². The Kier molecular flexibility index (Phi) is 9.31. The second-order valence-electron chi connectivity index (χ2n) is 16.7. The van der Waals surface area contributed by atoms with Crippen LogP contribution in [0, 0.1) is 0 Å². The number of hydrogen-bond acceptors (Lipinski definition) is 6. The normalized spacial score (nSPS) is 11.5. The zero-order valence-electron chi connectivity index (χ0n) is 36.5. The van der Waals surface area contributed by atoms with Gasteiger partial charge in [0.25, 0.3) is 0 Å². The van der Waals surface area contributed by atoms with Gasteiger partial charge in [-0.2, -0.15) is 9.97 Å². The number of aromatic nitrogens is 8. The van der Waals surface area contributed by atoms with Crippen LogP contribution in [0.25, 0.3) is 123 Å². The summed E-state index contributed by atoms with van der Waals surface area (Å²) in [6.07, 6.45) is 0. The Morgan fingerprint density at radius 1 is 0.235 bits per heavy atom. The lowest BCUT2D eigenvalue weighted by Crippen LogP contribution is -2.07. The van der Waals surface area contributed by atoms with Crippen molar-refractivity contribution in [2.24, 2.45) is 0 Å². The molecular formula is C60H38N8. The average Bonchev–Trinajstić information content (AvgIpc) is 3.95. The van der Waals surface area contributed by atoms with Crippen molar-refractivity contribution in [2.45, 2.75) is 0 Å². The van der Waals surface area contributed by atoms with Gasteiger partial charge < -0.3 is 4.57 Å². The smallest absolute Gasteiger partial charge is 0.238 e. The largest absolute Gasteiger partial charge is 0.306 e. The van der Waals surface area contributed by atoms with Gasteiger partial charge in [0.15, 0.2) is 29.1 Å². The molecule has 0 unspecified atom stereocenters. The molecule has 9 aromatic carbocycles. The third-order valence-electron chi connectivity index (χ3n) is 12.7. The minimum atomic E-state index is 0.521. The van der Waals surface area contributed by atoms with Crippen LogP contribution in [0.3, 0.4) is 0 Å². The molecule has 68 heavy (non-hydrogen) atoms. The molecule has 0 saturated heterocycles. The van der Waals surface area contributed by atoms with Crippen molar-refractivity contribution in [3.63, 3.8) is 0 Å². The van der Waals surface area contributed by atoms with E-state index in [4.69, 9.17) is 29.9 Å². The predicted octanol–water partition coefficient (Wildman–Crippen LogP) is 14.3. The summed E-state index contributed by atoms with van der Waals surface area (Å²) in [6.45, 7) is 0. The maximum atomic E-state index is 5.39. The summed E-state index contributed by atoms with van der Waals surface area (Å²) in [5, 5.41) is 4.36. The molecule has 0 N–H and O–H groups in total. The van der Waals surface area contributed by atoms with E-state index in [1.54, 1.807) is 0 Å². The zero-order chi connectivity index (χ0) is 45.0. The van der Waals surface area contributed by atoms with Crippen molar-refractivity contribution < 1.29 is 0 Å². The zero-order valence-corrected chi connectivity index (χ0v) is 36.5. The number of para-hydroxylation sites is 3. The van der Waals surface area contributed by atoms with Crippen LogP contribution in [0.15, 0.2) is 231 Å². The summed E-state index contributed by atoms with van der Waals surface area (Å²) in [4.78, 5) is 31.6. The monoisotopic (exact) mass is 870 g/mol. The SMILES string of the molecule is c1ccc(-c2nc(-c3ccccc3-c3ccccc3)nc(-c3ccccc3-n3c4ccccc4c4ccc5c6ccccc6n(-c6nc(-c7ccccc7)nc(-c7ccccc7)n6)c5c43)n2)cc1. The molecule has 0 bridgehead atoms. The highest BCUT2D eigenvalue weighted by molar-refractivity contribution is 6.24. The second kappa shape index (κ2) is 16.2. The van der Waals surface area contributed by atoms with E-state index in [9.17, 15) is 0 Å². The van der Waals surface area contributed by atoms with Gasteiger partial charge in [-0.15, -0.1) is 0 Å². The van der Waals surface area contributed by atoms with Gasteiger partial charge in [-0.1, -0.05) is 206 Å². The number of rotatable bonds is 8. The molecule has 0 amide bonds. The number of benzene rings is 9. The Labute approximate surface area is 391 Å². The first-order valence-electron chi connectivity index (χ1n) is 22.6. The van der Waals surface area contributed by atoms with E-state index in [-0.39, 0.29) is 0 Å². The number of fused-ring (bicyclic) bond motifs is 7. The molecule has 8 heteroatoms. The summed E-state index contributed by atoms with van der Waals surface area (Å²) in [5.74, 6) is 3.44. The molecule has 0 saturated carbocycles. The standard InChI is InChI=1S/C60H38N8/c1-5-21-39(22-6-1)43-29-13-14-32-48(43)58-62-55(40-23-7-2-8-24-40)63-59(64-58)49-33-17-20-36-52(49)67-50-34-18-15-30-44(50)46-37-38-47-45-31-16-19-35-51(45)68(54(47)53(46)67)60-65-56(41-25-9-3-10-26-41)61-57(66-60)42-27-11-4-12-28-42/h1-38H. The third-order valence-corrected chi connectivity index (χ3v) is 12.7. The molecule has 318 valence electrons. The van der Waals surface area contributed by atoms with Crippen molar-refractivity contribution in [2.75, 3.05) is 0 Å². The fourth-order valence-electron chi connectivity index (χ4n) is 9.59. The van der Waals surface area contributed by atoms with Crippen molar-refractivity contribution >= 4 is 43.6 Å². The van der Waals surface area contributed by atoms with E-state index in [0.717, 1.165) is 88.2 Å². The van der Waals surface area contributed by atoms with Crippen molar-refractivity contribution in [3.05, 3.63) is 231 Å². The molecule has 0 radical (unpaired) electrons. The fourth-order valence-corrected chi connectivity index (χ4v) is 9.59. The van der Waals surface area contributed by atoms with E-state index < -0.39 is 0 Å². The summed E-state index contributed by atoms with van der Waals surface area (Å²) in [7, 11) is 0. The summed E-state index contributed by atoms with van der Waals surface area (Å²) < 4.78 is 4.60. The van der Waals surface area contributed by atoms with Crippen LogP contribution in [0.5, 0.6) is 0 Å². The highest BCUT2D eigenvalue weighted by atomic mass is 15.2. The first kappa shape index (κ1) is 39.0.